The molecule has 1 heterocycles. The minimum absolute atomic E-state index is 0.0520. The van der Waals surface area contributed by atoms with Gasteiger partial charge in [0.05, 0.1) is 24.9 Å². The summed E-state index contributed by atoms with van der Waals surface area (Å²) in [7, 11) is 0. The molecular formula is C27H29ClN4O3. The standard InChI is InChI=1S/C27H29ClN4O3/c1-17-6-11-23-25(14-17)35-24(26(33)32(23)16-19-4-3-5-21(28)15-19)12-13-34-22-9-7-20(8-10-22)18(2)31-27(29)30/h3-11,14-15,18,24H,12-13,16H2,1-2H3,(H4,29,30,31). The molecule has 1 amide bonds. The molecule has 3 aromatic rings. The van der Waals surface area contributed by atoms with Crippen molar-refractivity contribution in [3.63, 3.8) is 0 Å². The van der Waals surface area contributed by atoms with E-state index in [1.165, 1.54) is 0 Å². The van der Waals surface area contributed by atoms with Crippen LogP contribution in [0.4, 0.5) is 5.69 Å². The highest BCUT2D eigenvalue weighted by atomic mass is 35.5. The van der Waals surface area contributed by atoms with Crippen LogP contribution in [0, 0.1) is 6.92 Å². The number of anilines is 1. The smallest absolute Gasteiger partial charge is 0.268 e. The molecule has 7 nitrogen and oxygen atoms in total. The SMILES string of the molecule is Cc1ccc2c(c1)OC(CCOc1ccc(C(C)N=C(N)N)cc1)C(=O)N2Cc1cccc(Cl)c1. The van der Waals surface area contributed by atoms with Crippen molar-refractivity contribution in [1.82, 2.24) is 0 Å². The minimum Gasteiger partial charge on any atom is -0.493 e. The lowest BCUT2D eigenvalue weighted by molar-refractivity contribution is -0.127. The first kappa shape index (κ1) is 24.4. The maximum atomic E-state index is 13.4. The molecule has 2 atom stereocenters. The van der Waals surface area contributed by atoms with Crippen LogP contribution >= 0.6 is 11.6 Å². The molecule has 2 unspecified atom stereocenters. The first-order chi connectivity index (χ1) is 16.8. The summed E-state index contributed by atoms with van der Waals surface area (Å²) in [5, 5.41) is 0.635. The molecule has 4 rings (SSSR count). The fourth-order valence-corrected chi connectivity index (χ4v) is 4.24. The highest BCUT2D eigenvalue weighted by molar-refractivity contribution is 6.30. The maximum Gasteiger partial charge on any atom is 0.268 e. The van der Waals surface area contributed by atoms with Gasteiger partial charge in [0.1, 0.15) is 11.5 Å². The highest BCUT2D eigenvalue weighted by Gasteiger charge is 2.34. The Labute approximate surface area is 210 Å². The molecular weight excluding hydrogens is 464 g/mol. The third-order valence-corrected chi connectivity index (χ3v) is 6.04. The van der Waals surface area contributed by atoms with E-state index in [1.807, 2.05) is 80.6 Å². The monoisotopic (exact) mass is 492 g/mol. The number of aliphatic imine (C=N–C) groups is 1. The van der Waals surface area contributed by atoms with E-state index in [1.54, 1.807) is 4.90 Å². The number of nitrogens with two attached hydrogens (primary N) is 2. The number of rotatable bonds is 8. The van der Waals surface area contributed by atoms with Gasteiger partial charge in [0.25, 0.3) is 5.91 Å². The van der Waals surface area contributed by atoms with Crippen molar-refractivity contribution in [3.05, 3.63) is 88.4 Å². The second kappa shape index (κ2) is 10.7. The molecule has 0 bridgehead atoms. The molecule has 0 aliphatic carbocycles. The van der Waals surface area contributed by atoms with Crippen LogP contribution in [0.5, 0.6) is 11.5 Å². The van der Waals surface area contributed by atoms with Gasteiger partial charge in [-0.3, -0.25) is 4.79 Å². The van der Waals surface area contributed by atoms with Crippen LogP contribution in [0.15, 0.2) is 71.7 Å². The van der Waals surface area contributed by atoms with Gasteiger partial charge in [-0.2, -0.15) is 0 Å². The zero-order chi connectivity index (χ0) is 24.9. The van der Waals surface area contributed by atoms with Gasteiger partial charge >= 0.3 is 0 Å². The zero-order valence-corrected chi connectivity index (χ0v) is 20.5. The Morgan fingerprint density at radius 3 is 2.63 bits per heavy atom. The number of fused-ring (bicyclic) bond motifs is 1. The summed E-state index contributed by atoms with van der Waals surface area (Å²) < 4.78 is 12.0. The fraction of sp³-hybridized carbons (Fsp3) is 0.259. The molecule has 8 heteroatoms. The largest absolute Gasteiger partial charge is 0.493 e. The molecule has 0 fully saturated rings. The van der Waals surface area contributed by atoms with Crippen molar-refractivity contribution >= 4 is 29.2 Å². The Kier molecular flexibility index (Phi) is 7.46. The lowest BCUT2D eigenvalue weighted by Gasteiger charge is -2.34. The minimum atomic E-state index is -0.648. The number of amides is 1. The summed E-state index contributed by atoms with van der Waals surface area (Å²) in [4.78, 5) is 19.3. The Hall–Kier alpha value is -3.71. The van der Waals surface area contributed by atoms with E-state index < -0.39 is 6.10 Å². The maximum absolute atomic E-state index is 13.4. The van der Waals surface area contributed by atoms with Crippen molar-refractivity contribution in [2.24, 2.45) is 16.5 Å². The zero-order valence-electron chi connectivity index (χ0n) is 19.8. The quantitative estimate of drug-likeness (QED) is 0.349. The first-order valence-corrected chi connectivity index (χ1v) is 11.8. The lowest BCUT2D eigenvalue weighted by Crippen LogP contribution is -2.46. The Morgan fingerprint density at radius 1 is 1.14 bits per heavy atom. The number of carbonyl (C=O) groups excluding carboxylic acids is 1. The molecule has 0 radical (unpaired) electrons. The Morgan fingerprint density at radius 2 is 1.91 bits per heavy atom. The number of benzene rings is 3. The van der Waals surface area contributed by atoms with Crippen LogP contribution in [0.1, 0.15) is 36.1 Å². The van der Waals surface area contributed by atoms with Crippen molar-refractivity contribution < 1.29 is 14.3 Å². The summed E-state index contributed by atoms with van der Waals surface area (Å²) in [5.74, 6) is 1.33. The van der Waals surface area contributed by atoms with Gasteiger partial charge in [-0.05, 0) is 66.9 Å². The van der Waals surface area contributed by atoms with E-state index in [-0.39, 0.29) is 17.9 Å². The van der Waals surface area contributed by atoms with Crippen LogP contribution < -0.4 is 25.8 Å². The normalized spacial score (nSPS) is 15.7. The van der Waals surface area contributed by atoms with Crippen LogP contribution in [0.2, 0.25) is 5.02 Å². The van der Waals surface area contributed by atoms with Gasteiger partial charge in [0.15, 0.2) is 12.1 Å². The summed E-state index contributed by atoms with van der Waals surface area (Å²) in [6, 6.07) is 20.8. The molecule has 1 aliphatic heterocycles. The number of guanidine groups is 1. The van der Waals surface area contributed by atoms with Crippen LogP contribution in [-0.2, 0) is 11.3 Å². The molecule has 4 N–H and O–H groups in total. The van der Waals surface area contributed by atoms with Crippen LogP contribution in [-0.4, -0.2) is 24.6 Å². The van der Waals surface area contributed by atoms with E-state index in [0.717, 1.165) is 22.4 Å². The summed E-state index contributed by atoms with van der Waals surface area (Å²) in [6.45, 7) is 4.64. The lowest BCUT2D eigenvalue weighted by atomic mass is 10.1. The number of nitrogens with zero attached hydrogens (tertiary/aromatic N) is 2. The number of aryl methyl sites for hydroxylation is 1. The highest BCUT2D eigenvalue weighted by Crippen LogP contribution is 2.36. The van der Waals surface area contributed by atoms with E-state index in [9.17, 15) is 4.79 Å². The van der Waals surface area contributed by atoms with Gasteiger partial charge in [-0.15, -0.1) is 0 Å². The fourth-order valence-electron chi connectivity index (χ4n) is 4.02. The average Bonchev–Trinajstić information content (AvgIpc) is 2.81. The van der Waals surface area contributed by atoms with Gasteiger partial charge in [0, 0.05) is 11.4 Å². The second-order valence-electron chi connectivity index (χ2n) is 8.57. The number of halogens is 1. The molecule has 0 saturated heterocycles. The van der Waals surface area contributed by atoms with E-state index >= 15 is 0 Å². The average molecular weight is 493 g/mol. The van der Waals surface area contributed by atoms with Crippen molar-refractivity contribution in [2.45, 2.75) is 39.0 Å². The van der Waals surface area contributed by atoms with Crippen molar-refractivity contribution in [1.29, 1.82) is 0 Å². The van der Waals surface area contributed by atoms with E-state index in [2.05, 4.69) is 4.99 Å². The first-order valence-electron chi connectivity index (χ1n) is 11.4. The van der Waals surface area contributed by atoms with E-state index in [0.29, 0.717) is 36.1 Å². The topological polar surface area (TPSA) is 103 Å². The predicted octanol–water partition coefficient (Wildman–Crippen LogP) is 4.75. The van der Waals surface area contributed by atoms with Gasteiger partial charge in [-0.25, -0.2) is 4.99 Å². The third-order valence-electron chi connectivity index (χ3n) is 5.80. The van der Waals surface area contributed by atoms with Crippen molar-refractivity contribution in [2.75, 3.05) is 11.5 Å². The number of hydrogen-bond acceptors (Lipinski definition) is 4. The second-order valence-corrected chi connectivity index (χ2v) is 9.00. The van der Waals surface area contributed by atoms with Gasteiger partial charge in [0.2, 0.25) is 0 Å². The molecule has 0 saturated carbocycles. The van der Waals surface area contributed by atoms with Crippen molar-refractivity contribution in [3.8, 4) is 11.5 Å². The summed E-state index contributed by atoms with van der Waals surface area (Å²) in [6.07, 6.45) is -0.241. The predicted molar refractivity (Wildman–Crippen MR) is 139 cm³/mol. The Bertz CT molecular complexity index is 1230. The molecule has 0 spiro atoms. The summed E-state index contributed by atoms with van der Waals surface area (Å²) >= 11 is 6.16. The number of hydrogen-bond donors (Lipinski definition) is 2. The van der Waals surface area contributed by atoms with Gasteiger partial charge < -0.3 is 25.8 Å². The number of carbonyl (C=O) groups is 1. The molecule has 3 aromatic carbocycles. The van der Waals surface area contributed by atoms with Crippen LogP contribution in [0.25, 0.3) is 0 Å². The van der Waals surface area contributed by atoms with E-state index in [4.69, 9.17) is 32.5 Å². The third kappa shape index (κ3) is 6.05. The Balaban J connectivity index is 1.44. The summed E-state index contributed by atoms with van der Waals surface area (Å²) in [5.41, 5.74) is 14.7. The molecule has 1 aliphatic rings. The number of ether oxygens (including phenoxy) is 2. The molecule has 182 valence electrons. The van der Waals surface area contributed by atoms with Gasteiger partial charge in [-0.1, -0.05) is 41.9 Å². The molecule has 0 aromatic heterocycles. The van der Waals surface area contributed by atoms with Crippen LogP contribution in [0.3, 0.4) is 0 Å². The molecule has 35 heavy (non-hydrogen) atoms.